The van der Waals surface area contributed by atoms with Gasteiger partial charge in [0, 0.05) is 6.42 Å². The Hall–Kier alpha value is -0.680. The molecule has 1 heterocycles. The first-order valence-electron chi connectivity index (χ1n) is 3.52. The van der Waals surface area contributed by atoms with E-state index in [1.807, 2.05) is 7.05 Å². The van der Waals surface area contributed by atoms with E-state index in [1.54, 1.807) is 0 Å². The fourth-order valence-corrected chi connectivity index (χ4v) is 0.926. The van der Waals surface area contributed by atoms with Crippen molar-refractivity contribution in [3.05, 3.63) is 10.7 Å². The summed E-state index contributed by atoms with van der Waals surface area (Å²) in [5.74, 6) is 0.685. The van der Waals surface area contributed by atoms with E-state index in [1.165, 1.54) is 0 Å². The first-order chi connectivity index (χ1) is 5.33. The van der Waals surface area contributed by atoms with Gasteiger partial charge in [0.05, 0.1) is 0 Å². The molecular formula is C6H11N3OS. The van der Waals surface area contributed by atoms with Gasteiger partial charge in [-0.25, -0.2) is 5.10 Å². The Morgan fingerprint density at radius 1 is 1.73 bits per heavy atom. The van der Waals surface area contributed by atoms with Crippen LogP contribution in [0.15, 0.2) is 4.42 Å². The highest BCUT2D eigenvalue weighted by atomic mass is 32.1. The van der Waals surface area contributed by atoms with Crippen molar-refractivity contribution in [3.63, 3.8) is 0 Å². The molecule has 0 bridgehead atoms. The van der Waals surface area contributed by atoms with E-state index in [0.29, 0.717) is 10.7 Å². The van der Waals surface area contributed by atoms with Crippen LogP contribution in [-0.4, -0.2) is 23.8 Å². The summed E-state index contributed by atoms with van der Waals surface area (Å²) in [6.45, 7) is 0.967. The zero-order valence-electron chi connectivity index (χ0n) is 6.39. The molecule has 0 fully saturated rings. The lowest BCUT2D eigenvalue weighted by molar-refractivity contribution is 0.472. The quantitative estimate of drug-likeness (QED) is 0.524. The molecule has 0 saturated carbocycles. The molecule has 1 aromatic rings. The van der Waals surface area contributed by atoms with Crippen LogP contribution in [0.5, 0.6) is 0 Å². The van der Waals surface area contributed by atoms with Gasteiger partial charge in [-0.05, 0) is 32.2 Å². The third-order valence-electron chi connectivity index (χ3n) is 1.30. The largest absolute Gasteiger partial charge is 0.414 e. The van der Waals surface area contributed by atoms with Crippen LogP contribution in [0.4, 0.5) is 0 Å². The summed E-state index contributed by atoms with van der Waals surface area (Å²) in [5.41, 5.74) is 0. The van der Waals surface area contributed by atoms with Crippen LogP contribution in [0.2, 0.25) is 0 Å². The number of rotatable bonds is 4. The molecule has 0 saturated heterocycles. The molecule has 4 nitrogen and oxygen atoms in total. The van der Waals surface area contributed by atoms with E-state index in [4.69, 9.17) is 16.6 Å². The zero-order valence-corrected chi connectivity index (χ0v) is 7.20. The van der Waals surface area contributed by atoms with Gasteiger partial charge in [-0.3, -0.25) is 0 Å². The average Bonchev–Trinajstić information content (AvgIpc) is 2.37. The molecule has 0 aromatic carbocycles. The Labute approximate surface area is 70.0 Å². The standard InChI is InChI=1S/C6H11N3OS/c1-7-4-2-3-5-8-9-6(11)10-5/h7H,2-4H2,1H3,(H,9,11). The van der Waals surface area contributed by atoms with Crippen LogP contribution in [0, 0.1) is 4.84 Å². The second-order valence-electron chi connectivity index (χ2n) is 2.21. The van der Waals surface area contributed by atoms with Gasteiger partial charge in [-0.15, -0.1) is 5.10 Å². The maximum Gasteiger partial charge on any atom is 0.284 e. The Balaban J connectivity index is 2.33. The molecule has 0 aliphatic carbocycles. The van der Waals surface area contributed by atoms with E-state index < -0.39 is 0 Å². The monoisotopic (exact) mass is 173 g/mol. The lowest BCUT2D eigenvalue weighted by atomic mass is 10.3. The van der Waals surface area contributed by atoms with Gasteiger partial charge in [0.2, 0.25) is 5.89 Å². The minimum atomic E-state index is 0.351. The van der Waals surface area contributed by atoms with E-state index in [0.717, 1.165) is 19.4 Å². The van der Waals surface area contributed by atoms with Gasteiger partial charge in [-0.2, -0.15) is 0 Å². The summed E-state index contributed by atoms with van der Waals surface area (Å²) in [6.07, 6.45) is 1.84. The highest BCUT2D eigenvalue weighted by Gasteiger charge is 1.97. The second-order valence-corrected chi connectivity index (χ2v) is 2.58. The van der Waals surface area contributed by atoms with E-state index >= 15 is 0 Å². The molecule has 0 spiro atoms. The molecule has 0 atom stereocenters. The minimum absolute atomic E-state index is 0.351. The Bertz CT molecular complexity index is 254. The summed E-state index contributed by atoms with van der Waals surface area (Å²) in [4.78, 5) is 0.351. The molecule has 2 N–H and O–H groups in total. The smallest absolute Gasteiger partial charge is 0.284 e. The predicted molar refractivity (Wildman–Crippen MR) is 43.9 cm³/mol. The molecule has 62 valence electrons. The molecule has 0 aliphatic rings. The average molecular weight is 173 g/mol. The molecule has 0 aliphatic heterocycles. The lowest BCUT2D eigenvalue weighted by Gasteiger charge is -1.93. The van der Waals surface area contributed by atoms with Crippen molar-refractivity contribution in [1.82, 2.24) is 15.5 Å². The first-order valence-corrected chi connectivity index (χ1v) is 3.92. The first kappa shape index (κ1) is 8.42. The SMILES string of the molecule is CNCCCc1n[nH]c(=S)o1. The number of hydrogen-bond acceptors (Lipinski definition) is 4. The van der Waals surface area contributed by atoms with Crippen LogP contribution >= 0.6 is 12.2 Å². The van der Waals surface area contributed by atoms with Crippen molar-refractivity contribution in [2.24, 2.45) is 0 Å². The number of hydrogen-bond donors (Lipinski definition) is 2. The summed E-state index contributed by atoms with van der Waals surface area (Å²) < 4.78 is 5.05. The predicted octanol–water partition coefficient (Wildman–Crippen LogP) is 0.884. The summed E-state index contributed by atoms with van der Waals surface area (Å²) in [7, 11) is 1.92. The van der Waals surface area contributed by atoms with Crippen molar-refractivity contribution in [2.75, 3.05) is 13.6 Å². The number of H-pyrrole nitrogens is 1. The number of nitrogens with zero attached hydrogens (tertiary/aromatic N) is 1. The fourth-order valence-electron chi connectivity index (χ4n) is 0.784. The van der Waals surface area contributed by atoms with Crippen molar-refractivity contribution < 1.29 is 4.42 Å². The van der Waals surface area contributed by atoms with Crippen molar-refractivity contribution in [2.45, 2.75) is 12.8 Å². The third kappa shape index (κ3) is 2.81. The van der Waals surface area contributed by atoms with E-state index in [9.17, 15) is 0 Å². The number of aromatic amines is 1. The van der Waals surface area contributed by atoms with Crippen molar-refractivity contribution >= 4 is 12.2 Å². The van der Waals surface area contributed by atoms with Gasteiger partial charge in [0.1, 0.15) is 0 Å². The number of nitrogens with one attached hydrogen (secondary N) is 2. The van der Waals surface area contributed by atoms with Crippen LogP contribution in [0.1, 0.15) is 12.3 Å². The topological polar surface area (TPSA) is 53.9 Å². The van der Waals surface area contributed by atoms with Crippen LogP contribution in [0.3, 0.4) is 0 Å². The number of aryl methyl sites for hydroxylation is 1. The molecular weight excluding hydrogens is 162 g/mol. The Morgan fingerprint density at radius 2 is 2.55 bits per heavy atom. The van der Waals surface area contributed by atoms with Gasteiger partial charge in [-0.1, -0.05) is 0 Å². The molecule has 1 aromatic heterocycles. The van der Waals surface area contributed by atoms with Crippen molar-refractivity contribution in [3.8, 4) is 0 Å². The maximum absolute atomic E-state index is 5.05. The Morgan fingerprint density at radius 3 is 3.09 bits per heavy atom. The van der Waals surface area contributed by atoms with Crippen LogP contribution in [-0.2, 0) is 6.42 Å². The highest BCUT2D eigenvalue weighted by molar-refractivity contribution is 7.71. The summed E-state index contributed by atoms with van der Waals surface area (Å²) in [5, 5.41) is 9.48. The van der Waals surface area contributed by atoms with Crippen LogP contribution in [0.25, 0.3) is 0 Å². The van der Waals surface area contributed by atoms with Gasteiger partial charge < -0.3 is 9.73 Å². The van der Waals surface area contributed by atoms with Gasteiger partial charge >= 0.3 is 0 Å². The molecule has 1 rings (SSSR count). The zero-order chi connectivity index (χ0) is 8.10. The third-order valence-corrected chi connectivity index (χ3v) is 1.47. The molecule has 5 heteroatoms. The Kier molecular flexibility index (Phi) is 3.25. The van der Waals surface area contributed by atoms with E-state index in [-0.39, 0.29) is 0 Å². The normalized spacial score (nSPS) is 10.3. The molecule has 0 amide bonds. The second kappa shape index (κ2) is 4.25. The van der Waals surface area contributed by atoms with E-state index in [2.05, 4.69) is 15.5 Å². The summed E-state index contributed by atoms with van der Waals surface area (Å²) in [6, 6.07) is 0. The maximum atomic E-state index is 5.05. The molecule has 0 radical (unpaired) electrons. The minimum Gasteiger partial charge on any atom is -0.414 e. The number of aromatic nitrogens is 2. The van der Waals surface area contributed by atoms with Gasteiger partial charge in [0.25, 0.3) is 4.84 Å². The fraction of sp³-hybridized carbons (Fsp3) is 0.667. The van der Waals surface area contributed by atoms with Crippen molar-refractivity contribution in [1.29, 1.82) is 0 Å². The highest BCUT2D eigenvalue weighted by Crippen LogP contribution is 1.97. The van der Waals surface area contributed by atoms with Crippen LogP contribution < -0.4 is 5.32 Å². The molecule has 11 heavy (non-hydrogen) atoms. The summed E-state index contributed by atoms with van der Waals surface area (Å²) >= 11 is 4.71. The van der Waals surface area contributed by atoms with Gasteiger partial charge in [0.15, 0.2) is 0 Å². The lowest BCUT2D eigenvalue weighted by Crippen LogP contribution is -2.08. The molecule has 0 unspecified atom stereocenters.